The van der Waals surface area contributed by atoms with Crippen molar-refractivity contribution in [3.8, 4) is 78.3 Å². The molecule has 0 saturated heterocycles. The van der Waals surface area contributed by atoms with Crippen LogP contribution >= 0.6 is 0 Å². The molecule has 18 aromatic carbocycles. The van der Waals surface area contributed by atoms with Gasteiger partial charge in [-0.15, -0.1) is 0 Å². The van der Waals surface area contributed by atoms with Gasteiger partial charge in [-0.2, -0.15) is 0 Å². The Labute approximate surface area is 677 Å². The lowest BCUT2D eigenvalue weighted by Gasteiger charge is -2.47. The first-order chi connectivity index (χ1) is 57.6. The molecule has 0 aromatic heterocycles. The van der Waals surface area contributed by atoms with Gasteiger partial charge in [0.05, 0.1) is 28.4 Å². The highest BCUT2D eigenvalue weighted by Crippen LogP contribution is 2.57. The summed E-state index contributed by atoms with van der Waals surface area (Å²) in [7, 11) is 0. The second-order valence-electron chi connectivity index (χ2n) is 30.1. The quantitative estimate of drug-likeness (QED) is 0.0949. The molecule has 4 heterocycles. The lowest BCUT2D eigenvalue weighted by Crippen LogP contribution is -2.64. The van der Waals surface area contributed by atoms with Crippen molar-refractivity contribution in [2.75, 3.05) is 24.5 Å². The fourth-order valence-electron chi connectivity index (χ4n) is 18.7. The van der Waals surface area contributed by atoms with Gasteiger partial charge in [0.1, 0.15) is 11.5 Å². The topological polar surface area (TPSA) is 25.4 Å². The van der Waals surface area contributed by atoms with Crippen LogP contribution in [0.15, 0.2) is 443 Å². The monoisotopic (exact) mass is 1480 g/mol. The van der Waals surface area contributed by atoms with Gasteiger partial charge in [0, 0.05) is 96.3 Å². The van der Waals surface area contributed by atoms with Gasteiger partial charge in [0.25, 0.3) is 13.4 Å². The van der Waals surface area contributed by atoms with Crippen LogP contribution in [0.25, 0.3) is 66.8 Å². The molecule has 0 unspecified atom stereocenters. The zero-order chi connectivity index (χ0) is 76.6. The summed E-state index contributed by atoms with van der Waals surface area (Å²) in [5.74, 6) is 1.62. The van der Waals surface area contributed by atoms with Gasteiger partial charge >= 0.3 is 0 Å². The molecular formula is C108H73B2N5O. The maximum Gasteiger partial charge on any atom is 0.256 e. The molecule has 0 amide bonds. The van der Waals surface area contributed by atoms with E-state index in [1.165, 1.54) is 21.9 Å². The summed E-state index contributed by atoms with van der Waals surface area (Å²) < 4.78 is 7.62. The Morgan fingerprint density at radius 1 is 0.198 bits per heavy atom. The molecule has 22 rings (SSSR count). The molecule has 0 spiro atoms. The third-order valence-corrected chi connectivity index (χ3v) is 23.6. The molecule has 4 aliphatic rings. The van der Waals surface area contributed by atoms with Gasteiger partial charge in [-0.3, -0.25) is 0 Å². The molecule has 542 valence electrons. The largest absolute Gasteiger partial charge is 0.458 e. The number of hydrogen-bond donors (Lipinski definition) is 0. The smallest absolute Gasteiger partial charge is 0.256 e. The second-order valence-corrected chi connectivity index (χ2v) is 30.1. The molecule has 6 nitrogen and oxygen atoms in total. The van der Waals surface area contributed by atoms with Crippen LogP contribution < -0.4 is 62.0 Å². The van der Waals surface area contributed by atoms with Crippen molar-refractivity contribution < 1.29 is 4.74 Å². The number of rotatable bonds is 15. The molecular weight excluding hydrogens is 1400 g/mol. The Bertz CT molecular complexity index is 6580. The Morgan fingerprint density at radius 3 is 0.957 bits per heavy atom. The maximum absolute atomic E-state index is 7.62. The van der Waals surface area contributed by atoms with E-state index in [2.05, 4.69) is 467 Å². The van der Waals surface area contributed by atoms with Crippen molar-refractivity contribution in [3.63, 3.8) is 0 Å². The van der Waals surface area contributed by atoms with E-state index in [0.717, 1.165) is 174 Å². The molecule has 0 radical (unpaired) electrons. The first-order valence-corrected chi connectivity index (χ1v) is 40.0. The molecule has 0 atom stereocenters. The van der Waals surface area contributed by atoms with Gasteiger partial charge in [0.15, 0.2) is 0 Å². The zero-order valence-corrected chi connectivity index (χ0v) is 63.4. The normalized spacial score (nSPS) is 12.5. The van der Waals surface area contributed by atoms with Crippen molar-refractivity contribution >= 4 is 132 Å². The molecule has 0 aliphatic carbocycles. The van der Waals surface area contributed by atoms with Crippen LogP contribution in [0.2, 0.25) is 0 Å². The number of nitrogens with zero attached hydrogens (tertiary/aromatic N) is 5. The van der Waals surface area contributed by atoms with Crippen LogP contribution in [0.3, 0.4) is 0 Å². The number of fused-ring (bicyclic) bond motifs is 8. The Balaban J connectivity index is 0.886. The van der Waals surface area contributed by atoms with Crippen molar-refractivity contribution in [2.24, 2.45) is 0 Å². The minimum absolute atomic E-state index is 0.295. The Kier molecular flexibility index (Phi) is 16.7. The first kappa shape index (κ1) is 67.8. The fraction of sp³-hybridized carbons (Fsp3) is 0. The number of anilines is 15. The SMILES string of the molecule is c1ccc(-c2cccc(-c3ccccc3)c2N(c2ccccc2)c2cc3c4c(c2)N(c2ccccc2)c2cc5c(cc2B4c2ccccc2O3)B2c3ccccc3N(c3ccccc3)c3cc(N(c4ccccc4)c4c(-c6ccccc6)cccc4-c4ccccc4)cc(c32)N5c2c(-c3ccccc3)cccc2-c2ccccc2)cc1. The van der Waals surface area contributed by atoms with Crippen molar-refractivity contribution in [1.82, 2.24) is 0 Å². The van der Waals surface area contributed by atoms with Gasteiger partial charge in [-0.1, -0.05) is 352 Å². The third-order valence-electron chi connectivity index (χ3n) is 23.6. The van der Waals surface area contributed by atoms with Crippen molar-refractivity contribution in [3.05, 3.63) is 443 Å². The van der Waals surface area contributed by atoms with Crippen LogP contribution in [-0.4, -0.2) is 13.4 Å². The summed E-state index contributed by atoms with van der Waals surface area (Å²) in [6.07, 6.45) is 0. The van der Waals surface area contributed by atoms with Gasteiger partial charge in [-0.25, -0.2) is 0 Å². The zero-order valence-electron chi connectivity index (χ0n) is 63.4. The first-order valence-electron chi connectivity index (χ1n) is 40.0. The van der Waals surface area contributed by atoms with E-state index in [0.29, 0.717) is 0 Å². The van der Waals surface area contributed by atoms with Crippen molar-refractivity contribution in [1.29, 1.82) is 0 Å². The number of benzene rings is 18. The lowest BCUT2D eigenvalue weighted by atomic mass is 9.30. The number of ether oxygens (including phenoxy) is 1. The van der Waals surface area contributed by atoms with E-state index in [4.69, 9.17) is 4.74 Å². The van der Waals surface area contributed by atoms with E-state index >= 15 is 0 Å². The molecule has 18 aromatic rings. The summed E-state index contributed by atoms with van der Waals surface area (Å²) in [5, 5.41) is 0. The number of para-hydroxylation sites is 9. The minimum atomic E-state index is -0.307. The minimum Gasteiger partial charge on any atom is -0.458 e. The maximum atomic E-state index is 7.62. The molecule has 0 bridgehead atoms. The average molecular weight is 1480 g/mol. The van der Waals surface area contributed by atoms with Crippen LogP contribution in [0.5, 0.6) is 11.5 Å². The molecule has 4 aliphatic heterocycles. The highest BCUT2D eigenvalue weighted by Gasteiger charge is 2.49. The van der Waals surface area contributed by atoms with Gasteiger partial charge in [-0.05, 0) is 151 Å². The highest BCUT2D eigenvalue weighted by atomic mass is 16.5. The second kappa shape index (κ2) is 28.6. The molecule has 8 heteroatoms. The van der Waals surface area contributed by atoms with E-state index in [-0.39, 0.29) is 13.4 Å². The van der Waals surface area contributed by atoms with Crippen LogP contribution in [-0.2, 0) is 0 Å². The molecule has 0 saturated carbocycles. The number of hydrogen-bond acceptors (Lipinski definition) is 6. The van der Waals surface area contributed by atoms with Crippen molar-refractivity contribution in [2.45, 2.75) is 0 Å². The summed E-state index contributed by atoms with van der Waals surface area (Å²) >= 11 is 0. The van der Waals surface area contributed by atoms with E-state index in [9.17, 15) is 0 Å². The predicted molar refractivity (Wildman–Crippen MR) is 488 cm³/mol. The average Bonchev–Trinajstić information content (AvgIpc) is 0.681. The van der Waals surface area contributed by atoms with E-state index in [1.54, 1.807) is 0 Å². The molecule has 116 heavy (non-hydrogen) atoms. The van der Waals surface area contributed by atoms with Crippen LogP contribution in [0, 0.1) is 0 Å². The van der Waals surface area contributed by atoms with Gasteiger partial charge in [0.2, 0.25) is 0 Å². The fourth-order valence-corrected chi connectivity index (χ4v) is 18.7. The summed E-state index contributed by atoms with van der Waals surface area (Å²) in [6, 6.07) is 163. The van der Waals surface area contributed by atoms with Crippen LogP contribution in [0.4, 0.5) is 85.3 Å². The third kappa shape index (κ3) is 11.4. The van der Waals surface area contributed by atoms with Gasteiger partial charge < -0.3 is 29.2 Å². The highest BCUT2D eigenvalue weighted by molar-refractivity contribution is 7.02. The Morgan fingerprint density at radius 2 is 0.517 bits per heavy atom. The van der Waals surface area contributed by atoms with E-state index < -0.39 is 0 Å². The van der Waals surface area contributed by atoms with E-state index in [1.807, 2.05) is 0 Å². The summed E-state index contributed by atoms with van der Waals surface area (Å²) in [6.45, 7) is -0.601. The predicted octanol–water partition coefficient (Wildman–Crippen LogP) is 25.1. The lowest BCUT2D eigenvalue weighted by molar-refractivity contribution is 0.487. The molecule has 0 N–H and O–H groups in total. The summed E-state index contributed by atoms with van der Waals surface area (Å²) in [4.78, 5) is 12.8. The molecule has 0 fully saturated rings. The standard InChI is InChI=1S/C108H73B2N5O/c1-11-38-74(39-12-1)86-58-35-59-87(75-40-13-2-14-41-75)106(86)111(80-50-23-7-24-51-80)84-68-99-104-100(69-84)115(108-90(78-46-19-5-20-47-78)62-37-63-91(108)79-48-21-6-22-49-79)98-73-97-94(72-95(98)109(104)92-64-31-33-66-96(92)113(99)82-54-27-9-28-55-82)110-93-65-32-34-67-102(93)116-103-71-85(70-101(105(103)110)114(97)83-56-29-10-30-57-83)112(81-52-25-8-26-53-81)107-88(76-42-15-3-16-43-76)60-36-61-89(107)77-44-17-4-18-45-77/h1-73H. The van der Waals surface area contributed by atoms with Crippen LogP contribution in [0.1, 0.15) is 0 Å². The Hall–Kier alpha value is -15.1. The summed E-state index contributed by atoms with van der Waals surface area (Å²) in [5.41, 5.74) is 35.8.